The molecule has 0 saturated carbocycles. The van der Waals surface area contributed by atoms with Gasteiger partial charge in [0.1, 0.15) is 0 Å². The third kappa shape index (κ3) is 10.1. The van der Waals surface area contributed by atoms with E-state index in [4.69, 9.17) is 0 Å². The van der Waals surface area contributed by atoms with Crippen molar-refractivity contribution in [3.8, 4) is 0 Å². The largest absolute Gasteiger partial charge is 0.0616 e. The molecule has 0 saturated heterocycles. The van der Waals surface area contributed by atoms with Crippen molar-refractivity contribution in [2.75, 3.05) is 0 Å². The van der Waals surface area contributed by atoms with Crippen LogP contribution in [0.5, 0.6) is 0 Å². The van der Waals surface area contributed by atoms with E-state index >= 15 is 0 Å². The topological polar surface area (TPSA) is 0 Å². The van der Waals surface area contributed by atoms with Gasteiger partial charge in [-0.25, -0.2) is 0 Å². The van der Waals surface area contributed by atoms with Gasteiger partial charge in [0.2, 0.25) is 0 Å². The van der Waals surface area contributed by atoms with Gasteiger partial charge in [-0.1, -0.05) is 278 Å². The highest BCUT2D eigenvalue weighted by Gasteiger charge is 2.08. The molecule has 0 bridgehead atoms. The van der Waals surface area contributed by atoms with Crippen LogP contribution in [0, 0.1) is 34.6 Å². The minimum atomic E-state index is 1.31. The summed E-state index contributed by atoms with van der Waals surface area (Å²) in [4.78, 5) is 0. The van der Waals surface area contributed by atoms with Gasteiger partial charge in [-0.3, -0.25) is 0 Å². The first-order chi connectivity index (χ1) is 34.8. The van der Waals surface area contributed by atoms with Crippen LogP contribution < -0.4 is 0 Å². The molecule has 0 aromatic heterocycles. The van der Waals surface area contributed by atoms with Crippen LogP contribution >= 0.6 is 0 Å². The summed E-state index contributed by atoms with van der Waals surface area (Å²) in [6.07, 6.45) is 0. The maximum Gasteiger partial charge on any atom is -0.00963 e. The Morgan fingerprint density at radius 1 is 0.155 bits per heavy atom. The summed E-state index contributed by atoms with van der Waals surface area (Å²) in [7, 11) is 0. The van der Waals surface area contributed by atoms with Crippen molar-refractivity contribution in [1.29, 1.82) is 0 Å². The molecule has 14 aromatic rings. The molecule has 0 aliphatic heterocycles. The zero-order valence-corrected chi connectivity index (χ0v) is 41.3. The minimum absolute atomic E-state index is 1.31. The molecule has 0 unspecified atom stereocenters. The summed E-state index contributed by atoms with van der Waals surface area (Å²) in [6.45, 7) is 10.7. The zero-order chi connectivity index (χ0) is 48.7. The molecule has 0 aliphatic rings. The Morgan fingerprint density at radius 3 is 1.08 bits per heavy atom. The molecule has 0 nitrogen and oxygen atoms in total. The van der Waals surface area contributed by atoms with Crippen LogP contribution in [0.2, 0.25) is 0 Å². The normalized spacial score (nSPS) is 10.9. The van der Waals surface area contributed by atoms with Crippen molar-refractivity contribution in [3.63, 3.8) is 0 Å². The van der Waals surface area contributed by atoms with E-state index in [1.54, 1.807) is 0 Å². The molecule has 0 aliphatic carbocycles. The van der Waals surface area contributed by atoms with E-state index in [-0.39, 0.29) is 0 Å². The third-order valence-corrected chi connectivity index (χ3v) is 13.7. The number of hydrogen-bond acceptors (Lipinski definition) is 0. The van der Waals surface area contributed by atoms with Crippen LogP contribution in [0.1, 0.15) is 27.8 Å². The lowest BCUT2D eigenvalue weighted by Crippen LogP contribution is -1.83. The van der Waals surface area contributed by atoms with E-state index in [9.17, 15) is 0 Å². The van der Waals surface area contributed by atoms with Gasteiger partial charge < -0.3 is 0 Å². The predicted molar refractivity (Wildman–Crippen MR) is 313 cm³/mol. The fourth-order valence-corrected chi connectivity index (χ4v) is 10.1. The molecule has 0 heteroatoms. The Bertz CT molecular complexity index is 4130. The monoisotopic (exact) mass is 910 g/mol. The van der Waals surface area contributed by atoms with E-state index in [1.165, 1.54) is 125 Å². The molecule has 71 heavy (non-hydrogen) atoms. The zero-order valence-electron chi connectivity index (χ0n) is 41.3. The Hall–Kier alpha value is -8.58. The summed E-state index contributed by atoms with van der Waals surface area (Å²) in [5.74, 6) is 0. The van der Waals surface area contributed by atoms with Crippen LogP contribution in [0.4, 0.5) is 0 Å². The maximum atomic E-state index is 2.30. The van der Waals surface area contributed by atoms with Crippen LogP contribution in [0.25, 0.3) is 97.0 Å². The number of rotatable bonds is 0. The second kappa shape index (κ2) is 21.0. The van der Waals surface area contributed by atoms with Crippen molar-refractivity contribution < 1.29 is 0 Å². The highest BCUT2D eigenvalue weighted by Crippen LogP contribution is 2.35. The number of aryl methyl sites for hydroxylation is 5. The van der Waals surface area contributed by atoms with Crippen molar-refractivity contribution in [3.05, 3.63) is 289 Å². The fourth-order valence-electron chi connectivity index (χ4n) is 10.1. The molecule has 0 atom stereocenters. The average Bonchev–Trinajstić information content (AvgIpc) is 3.42. The van der Waals surface area contributed by atoms with Crippen molar-refractivity contribution in [2.24, 2.45) is 0 Å². The smallest absolute Gasteiger partial charge is 0.00963 e. The minimum Gasteiger partial charge on any atom is -0.0616 e. The predicted octanol–water partition coefficient (Wildman–Crippen LogP) is 20.4. The van der Waals surface area contributed by atoms with E-state index in [0.717, 1.165) is 0 Å². The summed E-state index contributed by atoms with van der Waals surface area (Å²) in [5, 5.41) is 24.1. The van der Waals surface area contributed by atoms with Crippen LogP contribution in [0.3, 0.4) is 0 Å². The van der Waals surface area contributed by atoms with Gasteiger partial charge in [0, 0.05) is 0 Å². The Labute approximate surface area is 418 Å². The highest BCUT2D eigenvalue weighted by atomic mass is 14.1. The van der Waals surface area contributed by atoms with Crippen LogP contribution in [-0.2, 0) is 0 Å². The average molecular weight is 911 g/mol. The first kappa shape index (κ1) is 46.2. The first-order valence-corrected chi connectivity index (χ1v) is 24.7. The summed E-state index contributed by atoms with van der Waals surface area (Å²) in [5.41, 5.74) is 6.65. The highest BCUT2D eigenvalue weighted by molar-refractivity contribution is 6.25. The molecular weight excluding hydrogens is 853 g/mol. The number of benzene rings is 14. The van der Waals surface area contributed by atoms with Gasteiger partial charge in [-0.05, 0) is 143 Å². The standard InChI is InChI=1S/C19H14.2C15H12.2C11H10/c1-13-10-11-18-16-8-3-2-6-14(16)15-7-4-5-9-17(15)19(18)12-13;1-11-10-12-6-2-3-8-14(12)15-9-5-4-7-13(11)15;1-11-6-9-15-13(10-11)8-7-12-4-2-3-5-14(12)15;1-9-5-4-7-10-6-2-3-8-11(9)10;1-9-6-7-10-4-2-3-5-11(10)8-9/h2-12H,1H3;2*2-10H,1H3;2*2-8H,1H3. The molecule has 0 spiro atoms. The summed E-state index contributed by atoms with van der Waals surface area (Å²) < 4.78 is 0. The third-order valence-electron chi connectivity index (χ3n) is 13.7. The van der Waals surface area contributed by atoms with E-state index in [1.807, 2.05) is 0 Å². The second-order valence-corrected chi connectivity index (χ2v) is 18.8. The molecule has 0 amide bonds. The molecule has 0 radical (unpaired) electrons. The van der Waals surface area contributed by atoms with Crippen molar-refractivity contribution >= 4 is 97.0 Å². The summed E-state index contributed by atoms with van der Waals surface area (Å²) >= 11 is 0. The Morgan fingerprint density at radius 2 is 0.479 bits per heavy atom. The van der Waals surface area contributed by atoms with Gasteiger partial charge in [-0.2, -0.15) is 0 Å². The van der Waals surface area contributed by atoms with Gasteiger partial charge in [0.25, 0.3) is 0 Å². The van der Waals surface area contributed by atoms with E-state index < -0.39 is 0 Å². The SMILES string of the molecule is Cc1cc2ccccc2c2ccccc12.Cc1ccc2c(ccc3ccccc32)c1.Cc1ccc2c3ccccc3c3ccccc3c2c1.Cc1ccc2ccccc2c1.Cc1cccc2ccccc12. The number of fused-ring (bicyclic) bond motifs is 14. The second-order valence-electron chi connectivity index (χ2n) is 18.8. The molecule has 14 rings (SSSR count). The molecule has 0 heterocycles. The van der Waals surface area contributed by atoms with Gasteiger partial charge in [-0.15, -0.1) is 0 Å². The lowest BCUT2D eigenvalue weighted by Gasteiger charge is -2.10. The molecule has 0 N–H and O–H groups in total. The first-order valence-electron chi connectivity index (χ1n) is 24.7. The van der Waals surface area contributed by atoms with Crippen molar-refractivity contribution in [2.45, 2.75) is 34.6 Å². The van der Waals surface area contributed by atoms with Crippen LogP contribution in [0.15, 0.2) is 261 Å². The summed E-state index contributed by atoms with van der Waals surface area (Å²) in [6, 6.07) is 92.8. The lowest BCUT2D eigenvalue weighted by atomic mass is 9.93. The van der Waals surface area contributed by atoms with Crippen molar-refractivity contribution in [1.82, 2.24) is 0 Å². The molecule has 342 valence electrons. The van der Waals surface area contributed by atoms with Gasteiger partial charge in [0.15, 0.2) is 0 Å². The number of hydrogen-bond donors (Lipinski definition) is 0. The Balaban J connectivity index is 0.000000104. The quantitative estimate of drug-likeness (QED) is 0.133. The van der Waals surface area contributed by atoms with E-state index in [2.05, 4.69) is 295 Å². The molecule has 0 fully saturated rings. The lowest BCUT2D eigenvalue weighted by molar-refractivity contribution is 1.51. The van der Waals surface area contributed by atoms with E-state index in [0.29, 0.717) is 0 Å². The maximum absolute atomic E-state index is 2.30. The molecular formula is C71H58. The fraction of sp³-hybridized carbons (Fsp3) is 0.0704. The molecule has 14 aromatic carbocycles. The van der Waals surface area contributed by atoms with Gasteiger partial charge >= 0.3 is 0 Å². The van der Waals surface area contributed by atoms with Gasteiger partial charge in [0.05, 0.1) is 0 Å². The Kier molecular flexibility index (Phi) is 13.6. The van der Waals surface area contributed by atoms with Crippen LogP contribution in [-0.4, -0.2) is 0 Å².